The van der Waals surface area contributed by atoms with Crippen molar-refractivity contribution in [3.05, 3.63) is 23.0 Å². The Bertz CT molecular complexity index is 580. The first-order chi connectivity index (χ1) is 11.1. The average molecular weight is 356 g/mol. The first-order valence-corrected chi connectivity index (χ1v) is 8.94. The molecule has 3 atom stereocenters. The average Bonchev–Trinajstić information content (AvgIpc) is 2.49. The van der Waals surface area contributed by atoms with Crippen molar-refractivity contribution in [3.63, 3.8) is 0 Å². The van der Waals surface area contributed by atoms with E-state index < -0.39 is 17.6 Å². The molecule has 1 aromatic rings. The predicted octanol–water partition coefficient (Wildman–Crippen LogP) is 1.68. The summed E-state index contributed by atoms with van der Waals surface area (Å²) in [6.45, 7) is 8.11. The molecule has 0 aliphatic carbocycles. The van der Waals surface area contributed by atoms with E-state index >= 15 is 0 Å². The van der Waals surface area contributed by atoms with Gasteiger partial charge in [0.05, 0.1) is 12.3 Å². The molecule has 1 unspecified atom stereocenters. The van der Waals surface area contributed by atoms with E-state index in [-0.39, 0.29) is 12.3 Å². The molecule has 0 fully saturated rings. The number of aliphatic carboxylic acids is 1. The molecule has 0 aliphatic rings. The van der Waals surface area contributed by atoms with Crippen LogP contribution in [-0.4, -0.2) is 45.6 Å². The van der Waals surface area contributed by atoms with Crippen LogP contribution in [0.2, 0.25) is 0 Å². The third-order valence-corrected chi connectivity index (χ3v) is 4.29. The minimum atomic E-state index is -2.06. The quantitative estimate of drug-likeness (QED) is 0.582. The summed E-state index contributed by atoms with van der Waals surface area (Å²) in [6.07, 6.45) is 2.68. The van der Waals surface area contributed by atoms with Crippen LogP contribution in [0.3, 0.4) is 0 Å². The summed E-state index contributed by atoms with van der Waals surface area (Å²) in [7, 11) is 2.59. The number of rotatable bonds is 9. The molecule has 0 spiro atoms. The highest BCUT2D eigenvalue weighted by molar-refractivity contribution is 7.16. The van der Waals surface area contributed by atoms with E-state index in [1.165, 1.54) is 0 Å². The molecule has 24 heavy (non-hydrogen) atoms. The van der Waals surface area contributed by atoms with Crippen molar-refractivity contribution in [1.29, 1.82) is 0 Å². The number of nitrogens with zero attached hydrogens (tertiary/aromatic N) is 1. The molecule has 4 N–H and O–H groups in total. The van der Waals surface area contributed by atoms with Gasteiger partial charge < -0.3 is 20.7 Å². The molecular weight excluding hydrogens is 327 g/mol. The zero-order chi connectivity index (χ0) is 18.5. The summed E-state index contributed by atoms with van der Waals surface area (Å²) >= 11 is 0. The molecule has 0 aliphatic heterocycles. The van der Waals surface area contributed by atoms with E-state index in [1.54, 1.807) is 6.20 Å². The van der Waals surface area contributed by atoms with Gasteiger partial charge >= 0.3 is 5.97 Å². The number of nitrogens with two attached hydrogens (primary N) is 1. The van der Waals surface area contributed by atoms with E-state index in [2.05, 4.69) is 14.2 Å². The number of pyridine rings is 1. The fourth-order valence-electron chi connectivity index (χ4n) is 2.64. The second-order valence-electron chi connectivity index (χ2n) is 6.62. The maximum absolute atomic E-state index is 11.7. The van der Waals surface area contributed by atoms with Crippen LogP contribution in [-0.2, 0) is 11.2 Å². The highest BCUT2D eigenvalue weighted by Crippen LogP contribution is 2.29. The van der Waals surface area contributed by atoms with Gasteiger partial charge in [-0.2, -0.15) is 0 Å². The molecule has 0 saturated carbocycles. The Balaban J connectivity index is 3.17. The van der Waals surface area contributed by atoms with Gasteiger partial charge in [0.25, 0.3) is 0 Å². The minimum Gasteiger partial charge on any atom is -0.493 e. The van der Waals surface area contributed by atoms with Crippen LogP contribution in [0.4, 0.5) is 0 Å². The van der Waals surface area contributed by atoms with Crippen LogP contribution in [0.25, 0.3) is 0 Å². The third-order valence-electron chi connectivity index (χ3n) is 4.06. The summed E-state index contributed by atoms with van der Waals surface area (Å²) in [4.78, 5) is 16.0. The van der Waals surface area contributed by atoms with Gasteiger partial charge in [0.1, 0.15) is 5.75 Å². The number of aryl methyl sites for hydroxylation is 1. The van der Waals surface area contributed by atoms with Crippen LogP contribution in [0.15, 0.2) is 6.20 Å². The Kier molecular flexibility index (Phi) is 7.58. The number of ether oxygens (including phenoxy) is 1. The molecule has 0 aromatic carbocycles. The summed E-state index contributed by atoms with van der Waals surface area (Å²) in [5, 5.41) is 20.3. The van der Waals surface area contributed by atoms with Gasteiger partial charge in [-0.15, -0.1) is 9.24 Å². The Morgan fingerprint density at radius 1 is 1.46 bits per heavy atom. The normalized spacial score (nSPS) is 15.2. The zero-order valence-electron chi connectivity index (χ0n) is 14.9. The standard InChI is InChI=1S/C17H29N2O4P/c1-10(2)7-14(18)17(22,16(20)21)8-13-12(4)15(23-5-6-24)11(3)9-19-13/h9-10,14,22H,5-8,18,24H2,1-4H3,(H,20,21)/t14-,17+/m0/s1. The predicted molar refractivity (Wildman–Crippen MR) is 97.5 cm³/mol. The monoisotopic (exact) mass is 356 g/mol. The zero-order valence-corrected chi connectivity index (χ0v) is 16.0. The van der Waals surface area contributed by atoms with Gasteiger partial charge in [-0.05, 0) is 32.3 Å². The Hall–Kier alpha value is -1.23. The Morgan fingerprint density at radius 3 is 2.58 bits per heavy atom. The molecule has 0 bridgehead atoms. The molecule has 1 rings (SSSR count). The fraction of sp³-hybridized carbons (Fsp3) is 0.647. The van der Waals surface area contributed by atoms with Crippen molar-refractivity contribution in [2.45, 2.75) is 52.2 Å². The lowest BCUT2D eigenvalue weighted by Crippen LogP contribution is -2.56. The largest absolute Gasteiger partial charge is 0.493 e. The summed E-state index contributed by atoms with van der Waals surface area (Å²) < 4.78 is 5.74. The highest BCUT2D eigenvalue weighted by atomic mass is 31.0. The minimum absolute atomic E-state index is 0.153. The maximum atomic E-state index is 11.7. The van der Waals surface area contributed by atoms with E-state index in [1.807, 2.05) is 27.7 Å². The number of carbonyl (C=O) groups is 1. The van der Waals surface area contributed by atoms with E-state index in [0.29, 0.717) is 24.5 Å². The molecule has 6 nitrogen and oxygen atoms in total. The van der Waals surface area contributed by atoms with Crippen molar-refractivity contribution >= 4 is 15.2 Å². The third kappa shape index (κ3) is 4.88. The summed E-state index contributed by atoms with van der Waals surface area (Å²) in [5.74, 6) is -0.462. The fourth-order valence-corrected chi connectivity index (χ4v) is 2.76. The van der Waals surface area contributed by atoms with E-state index in [9.17, 15) is 15.0 Å². The number of aliphatic hydroxyl groups is 1. The maximum Gasteiger partial charge on any atom is 0.337 e. The molecule has 136 valence electrons. The van der Waals surface area contributed by atoms with Crippen molar-refractivity contribution < 1.29 is 19.7 Å². The van der Waals surface area contributed by atoms with Crippen LogP contribution < -0.4 is 10.5 Å². The molecule has 0 amide bonds. The highest BCUT2D eigenvalue weighted by Gasteiger charge is 2.43. The number of hydrogen-bond acceptors (Lipinski definition) is 5. The van der Waals surface area contributed by atoms with Crippen molar-refractivity contribution in [1.82, 2.24) is 4.98 Å². The van der Waals surface area contributed by atoms with Gasteiger partial charge in [-0.1, -0.05) is 13.8 Å². The summed E-state index contributed by atoms with van der Waals surface area (Å²) in [5.41, 5.74) is 6.05. The van der Waals surface area contributed by atoms with Gasteiger partial charge in [0.2, 0.25) is 0 Å². The van der Waals surface area contributed by atoms with Crippen LogP contribution in [0.5, 0.6) is 5.75 Å². The SMILES string of the molecule is Cc1cnc(C[C@](O)(C(=O)O)[C@@H](N)CC(C)C)c(C)c1OCCP. The second-order valence-corrected chi connectivity index (χ2v) is 7.20. The number of aromatic nitrogens is 1. The van der Waals surface area contributed by atoms with Crippen LogP contribution >= 0.6 is 9.24 Å². The molecular formula is C17H29N2O4P. The molecule has 1 heterocycles. The second kappa shape index (κ2) is 8.75. The lowest BCUT2D eigenvalue weighted by Gasteiger charge is -2.31. The summed E-state index contributed by atoms with van der Waals surface area (Å²) in [6, 6.07) is -0.881. The number of carboxylic acid groups (broad SMARTS) is 1. The van der Waals surface area contributed by atoms with Crippen molar-refractivity contribution in [2.24, 2.45) is 11.7 Å². The molecule has 7 heteroatoms. The molecule has 0 saturated heterocycles. The van der Waals surface area contributed by atoms with E-state index in [0.717, 1.165) is 17.3 Å². The van der Waals surface area contributed by atoms with Crippen LogP contribution in [0, 0.1) is 19.8 Å². The smallest absolute Gasteiger partial charge is 0.337 e. The lowest BCUT2D eigenvalue weighted by molar-refractivity contribution is -0.161. The first kappa shape index (κ1) is 20.8. The number of hydrogen-bond donors (Lipinski definition) is 3. The van der Waals surface area contributed by atoms with Gasteiger partial charge in [0, 0.05) is 29.8 Å². The molecule has 1 aromatic heterocycles. The van der Waals surface area contributed by atoms with Gasteiger partial charge in [-0.3, -0.25) is 4.98 Å². The van der Waals surface area contributed by atoms with Gasteiger partial charge in [0.15, 0.2) is 5.60 Å². The molecule has 0 radical (unpaired) electrons. The van der Waals surface area contributed by atoms with E-state index in [4.69, 9.17) is 10.5 Å². The Labute approximate surface area is 146 Å². The van der Waals surface area contributed by atoms with Crippen molar-refractivity contribution in [3.8, 4) is 5.75 Å². The Morgan fingerprint density at radius 2 is 2.08 bits per heavy atom. The topological polar surface area (TPSA) is 106 Å². The first-order valence-electron chi connectivity index (χ1n) is 8.12. The lowest BCUT2D eigenvalue weighted by atomic mass is 9.84. The van der Waals surface area contributed by atoms with Crippen LogP contribution in [0.1, 0.15) is 37.1 Å². The van der Waals surface area contributed by atoms with Crippen molar-refractivity contribution in [2.75, 3.05) is 12.8 Å². The number of carboxylic acids is 1. The van der Waals surface area contributed by atoms with Gasteiger partial charge in [-0.25, -0.2) is 4.79 Å².